The maximum absolute atomic E-state index is 11.9. The van der Waals surface area contributed by atoms with Crippen molar-refractivity contribution in [2.45, 2.75) is 12.5 Å². The number of nitrogens with one attached hydrogen (secondary N) is 1. The predicted molar refractivity (Wildman–Crippen MR) is 77.4 cm³/mol. The number of nitrogens with two attached hydrogens (primary N) is 1. The number of rotatable bonds is 7. The van der Waals surface area contributed by atoms with Crippen LogP contribution in [0.3, 0.4) is 0 Å². The molecule has 0 bridgehead atoms. The van der Waals surface area contributed by atoms with Gasteiger partial charge >= 0.3 is 5.97 Å². The second kappa shape index (κ2) is 8.23. The first-order valence-corrected chi connectivity index (χ1v) is 6.34. The van der Waals surface area contributed by atoms with Crippen molar-refractivity contribution >= 4 is 17.6 Å². The van der Waals surface area contributed by atoms with Gasteiger partial charge in [0.05, 0.1) is 38.0 Å². The van der Waals surface area contributed by atoms with Crippen LogP contribution in [0.15, 0.2) is 18.2 Å². The molecule has 1 aromatic rings. The Hall–Kier alpha value is -2.12. The lowest BCUT2D eigenvalue weighted by atomic mass is 10.1. The van der Waals surface area contributed by atoms with Crippen LogP contribution in [0, 0.1) is 0 Å². The molecular weight excluding hydrogens is 276 g/mol. The van der Waals surface area contributed by atoms with Crippen LogP contribution in [0.4, 0.5) is 5.69 Å². The first kappa shape index (κ1) is 16.9. The molecule has 3 N–H and O–H groups in total. The zero-order valence-corrected chi connectivity index (χ0v) is 12.3. The van der Waals surface area contributed by atoms with Gasteiger partial charge in [-0.3, -0.25) is 4.79 Å². The van der Waals surface area contributed by atoms with Crippen LogP contribution in [0.2, 0.25) is 0 Å². The molecule has 0 saturated heterocycles. The minimum absolute atomic E-state index is 0.0969. The average molecular weight is 296 g/mol. The summed E-state index contributed by atoms with van der Waals surface area (Å²) in [5.41, 5.74) is 6.03. The lowest BCUT2D eigenvalue weighted by Crippen LogP contribution is -2.28. The topological polar surface area (TPSA) is 99.9 Å². The number of carbonyl (C=O) groups excluding carboxylic acids is 2. The molecule has 1 rings (SSSR count). The monoisotopic (exact) mass is 296 g/mol. The van der Waals surface area contributed by atoms with Crippen LogP contribution in [0.5, 0.6) is 5.75 Å². The predicted octanol–water partition coefficient (Wildman–Crippen LogP) is 0.784. The standard InChI is InChI=1S/C14H20N2O5/c1-19-9-4-5-12(11(6-9)14(18)21-3)16-13(17)7-10(8-15)20-2/h4-6,10H,7-8,15H2,1-3H3,(H,16,17). The quantitative estimate of drug-likeness (QED) is 0.721. The van der Waals surface area contributed by atoms with Gasteiger partial charge in [0, 0.05) is 13.7 Å². The molecule has 0 aromatic heterocycles. The van der Waals surface area contributed by atoms with E-state index in [9.17, 15) is 9.59 Å². The SMILES string of the molecule is COC(=O)c1cc(OC)ccc1NC(=O)CC(CN)OC. The van der Waals surface area contributed by atoms with E-state index in [2.05, 4.69) is 5.32 Å². The summed E-state index contributed by atoms with van der Waals surface area (Å²) in [6.07, 6.45) is -0.274. The Morgan fingerprint density at radius 3 is 2.52 bits per heavy atom. The van der Waals surface area contributed by atoms with Gasteiger partial charge in [-0.2, -0.15) is 0 Å². The fourth-order valence-corrected chi connectivity index (χ4v) is 1.71. The third kappa shape index (κ3) is 4.73. The molecule has 0 radical (unpaired) electrons. The van der Waals surface area contributed by atoms with E-state index in [4.69, 9.17) is 19.9 Å². The molecule has 7 heteroatoms. The minimum Gasteiger partial charge on any atom is -0.497 e. The van der Waals surface area contributed by atoms with Gasteiger partial charge in [-0.05, 0) is 18.2 Å². The Labute approximate surface area is 123 Å². The molecule has 0 aliphatic rings. The van der Waals surface area contributed by atoms with Crippen LogP contribution >= 0.6 is 0 Å². The Bertz CT molecular complexity index is 500. The number of hydrogen-bond acceptors (Lipinski definition) is 6. The lowest BCUT2D eigenvalue weighted by molar-refractivity contribution is -0.118. The number of carbonyl (C=O) groups is 2. The molecule has 1 aromatic carbocycles. The van der Waals surface area contributed by atoms with E-state index in [0.29, 0.717) is 11.4 Å². The summed E-state index contributed by atoms with van der Waals surface area (Å²) in [5, 5.41) is 2.65. The highest BCUT2D eigenvalue weighted by atomic mass is 16.5. The van der Waals surface area contributed by atoms with E-state index in [1.807, 2.05) is 0 Å². The zero-order valence-electron chi connectivity index (χ0n) is 12.3. The molecule has 116 valence electrons. The molecular formula is C14H20N2O5. The van der Waals surface area contributed by atoms with E-state index in [-0.39, 0.29) is 30.5 Å². The number of hydrogen-bond donors (Lipinski definition) is 2. The van der Waals surface area contributed by atoms with Gasteiger partial charge in [0.25, 0.3) is 0 Å². The number of methoxy groups -OCH3 is 3. The minimum atomic E-state index is -0.564. The van der Waals surface area contributed by atoms with Crippen LogP contribution < -0.4 is 15.8 Å². The molecule has 0 aliphatic carbocycles. The molecule has 21 heavy (non-hydrogen) atoms. The van der Waals surface area contributed by atoms with E-state index in [1.165, 1.54) is 27.4 Å². The molecule has 0 spiro atoms. The van der Waals surface area contributed by atoms with Gasteiger partial charge in [0.2, 0.25) is 5.91 Å². The average Bonchev–Trinajstić information content (AvgIpc) is 2.52. The van der Waals surface area contributed by atoms with Crippen molar-refractivity contribution in [1.82, 2.24) is 0 Å². The van der Waals surface area contributed by atoms with Crippen molar-refractivity contribution in [3.8, 4) is 5.75 Å². The van der Waals surface area contributed by atoms with Gasteiger partial charge in [-0.25, -0.2) is 4.79 Å². The Morgan fingerprint density at radius 1 is 1.29 bits per heavy atom. The number of ether oxygens (including phenoxy) is 3. The molecule has 0 aliphatic heterocycles. The van der Waals surface area contributed by atoms with Crippen LogP contribution in [0.25, 0.3) is 0 Å². The molecule has 0 fully saturated rings. The molecule has 0 saturated carbocycles. The molecule has 1 atom stereocenters. The highest BCUT2D eigenvalue weighted by Crippen LogP contribution is 2.23. The van der Waals surface area contributed by atoms with Crippen LogP contribution in [0.1, 0.15) is 16.8 Å². The normalized spacial score (nSPS) is 11.6. The van der Waals surface area contributed by atoms with Gasteiger partial charge in [-0.1, -0.05) is 0 Å². The first-order chi connectivity index (χ1) is 10.0. The van der Waals surface area contributed by atoms with Crippen LogP contribution in [-0.2, 0) is 14.3 Å². The van der Waals surface area contributed by atoms with Gasteiger partial charge < -0.3 is 25.3 Å². The summed E-state index contributed by atoms with van der Waals surface area (Å²) in [7, 11) is 4.24. The smallest absolute Gasteiger partial charge is 0.340 e. The summed E-state index contributed by atoms with van der Waals surface area (Å²) in [6.45, 7) is 0.233. The lowest BCUT2D eigenvalue weighted by Gasteiger charge is -2.14. The highest BCUT2D eigenvalue weighted by molar-refractivity contribution is 6.01. The Balaban J connectivity index is 2.91. The number of benzene rings is 1. The highest BCUT2D eigenvalue weighted by Gasteiger charge is 2.17. The van der Waals surface area contributed by atoms with Crippen LogP contribution in [-0.4, -0.2) is 45.9 Å². The maximum atomic E-state index is 11.9. The van der Waals surface area contributed by atoms with Crippen molar-refractivity contribution in [3.63, 3.8) is 0 Å². The molecule has 1 unspecified atom stereocenters. The first-order valence-electron chi connectivity index (χ1n) is 6.34. The number of amides is 1. The fraction of sp³-hybridized carbons (Fsp3) is 0.429. The van der Waals surface area contributed by atoms with E-state index >= 15 is 0 Å². The second-order valence-electron chi connectivity index (χ2n) is 4.25. The zero-order chi connectivity index (χ0) is 15.8. The van der Waals surface area contributed by atoms with Gasteiger partial charge in [-0.15, -0.1) is 0 Å². The summed E-state index contributed by atoms with van der Waals surface area (Å²) in [6, 6.07) is 4.71. The maximum Gasteiger partial charge on any atom is 0.340 e. The van der Waals surface area contributed by atoms with Crippen molar-refractivity contribution in [2.24, 2.45) is 5.73 Å². The third-order valence-electron chi connectivity index (χ3n) is 2.92. The summed E-state index contributed by atoms with van der Waals surface area (Å²) >= 11 is 0. The van der Waals surface area contributed by atoms with E-state index in [1.54, 1.807) is 12.1 Å². The summed E-state index contributed by atoms with van der Waals surface area (Å²) in [5.74, 6) is -0.376. The Kier molecular flexibility index (Phi) is 6.64. The van der Waals surface area contributed by atoms with Crippen molar-refractivity contribution < 1.29 is 23.8 Å². The van der Waals surface area contributed by atoms with Gasteiger partial charge in [0.15, 0.2) is 0 Å². The molecule has 1 amide bonds. The molecule has 0 heterocycles. The fourth-order valence-electron chi connectivity index (χ4n) is 1.71. The van der Waals surface area contributed by atoms with Gasteiger partial charge in [0.1, 0.15) is 5.75 Å². The largest absolute Gasteiger partial charge is 0.497 e. The van der Waals surface area contributed by atoms with Crippen molar-refractivity contribution in [2.75, 3.05) is 33.2 Å². The van der Waals surface area contributed by atoms with Crippen molar-refractivity contribution in [3.05, 3.63) is 23.8 Å². The van der Waals surface area contributed by atoms with Crippen molar-refractivity contribution in [1.29, 1.82) is 0 Å². The molecule has 7 nitrogen and oxygen atoms in total. The summed E-state index contributed by atoms with van der Waals surface area (Å²) < 4.78 is 14.8. The van der Waals surface area contributed by atoms with E-state index in [0.717, 1.165) is 0 Å². The number of esters is 1. The third-order valence-corrected chi connectivity index (χ3v) is 2.92. The summed E-state index contributed by atoms with van der Waals surface area (Å²) in [4.78, 5) is 23.7. The number of anilines is 1. The second-order valence-corrected chi connectivity index (χ2v) is 4.25. The Morgan fingerprint density at radius 2 is 2.00 bits per heavy atom. The van der Waals surface area contributed by atoms with E-state index < -0.39 is 5.97 Å².